The van der Waals surface area contributed by atoms with Gasteiger partial charge in [0.15, 0.2) is 0 Å². The van der Waals surface area contributed by atoms with Crippen molar-refractivity contribution >= 4 is 5.91 Å². The van der Waals surface area contributed by atoms with E-state index in [1.807, 2.05) is 13.8 Å². The number of aromatic nitrogens is 3. The molecule has 1 aromatic rings. The maximum Gasteiger partial charge on any atom is 0.244 e. The molecule has 7 heteroatoms. The smallest absolute Gasteiger partial charge is 0.244 e. The highest BCUT2D eigenvalue weighted by molar-refractivity contribution is 5.79. The first-order valence-corrected chi connectivity index (χ1v) is 6.61. The van der Waals surface area contributed by atoms with E-state index in [0.717, 1.165) is 32.8 Å². The van der Waals surface area contributed by atoms with Gasteiger partial charge in [0.1, 0.15) is 18.7 Å². The van der Waals surface area contributed by atoms with Gasteiger partial charge in [0.05, 0.1) is 13.2 Å². The van der Waals surface area contributed by atoms with Crippen molar-refractivity contribution in [2.75, 3.05) is 32.8 Å². The van der Waals surface area contributed by atoms with Crippen LogP contribution in [0.15, 0.2) is 12.7 Å². The minimum Gasteiger partial charge on any atom is -0.379 e. The predicted molar refractivity (Wildman–Crippen MR) is 69.6 cm³/mol. The average Bonchev–Trinajstić information content (AvgIpc) is 2.92. The molecule has 1 amide bonds. The van der Waals surface area contributed by atoms with Crippen LogP contribution in [0.3, 0.4) is 0 Å². The molecule has 2 atom stereocenters. The van der Waals surface area contributed by atoms with Crippen LogP contribution in [0.1, 0.15) is 19.9 Å². The van der Waals surface area contributed by atoms with E-state index in [9.17, 15) is 4.79 Å². The standard InChI is InChI=1S/C12H21N5O2/c1-10(7-16-3-5-19-6-4-16)15-12(18)11(2)17-9-13-8-14-17/h8-11H,3-7H2,1-2H3,(H,15,18)/t10-,11-/m1/s1. The maximum atomic E-state index is 12.1. The quantitative estimate of drug-likeness (QED) is 0.791. The highest BCUT2D eigenvalue weighted by Crippen LogP contribution is 2.04. The van der Waals surface area contributed by atoms with E-state index in [1.54, 1.807) is 11.0 Å². The molecule has 0 aromatic carbocycles. The number of carbonyl (C=O) groups excluding carboxylic acids is 1. The lowest BCUT2D eigenvalue weighted by Gasteiger charge is -2.29. The summed E-state index contributed by atoms with van der Waals surface area (Å²) < 4.78 is 6.85. The summed E-state index contributed by atoms with van der Waals surface area (Å²) in [6.07, 6.45) is 2.98. The number of rotatable bonds is 5. The highest BCUT2D eigenvalue weighted by Gasteiger charge is 2.19. The summed E-state index contributed by atoms with van der Waals surface area (Å²) >= 11 is 0. The van der Waals surface area contributed by atoms with Gasteiger partial charge in [-0.3, -0.25) is 9.69 Å². The molecule has 0 saturated carbocycles. The Kier molecular flexibility index (Phi) is 4.86. The lowest BCUT2D eigenvalue weighted by molar-refractivity contribution is -0.124. The molecule has 0 bridgehead atoms. The highest BCUT2D eigenvalue weighted by atomic mass is 16.5. The predicted octanol–water partition coefficient (Wildman–Crippen LogP) is -0.324. The Bertz CT molecular complexity index is 389. The number of nitrogens with one attached hydrogen (secondary N) is 1. The second kappa shape index (κ2) is 6.63. The molecule has 0 spiro atoms. The zero-order valence-electron chi connectivity index (χ0n) is 11.5. The third-order valence-electron chi connectivity index (χ3n) is 3.24. The summed E-state index contributed by atoms with van der Waals surface area (Å²) in [4.78, 5) is 18.2. The zero-order valence-corrected chi connectivity index (χ0v) is 11.5. The van der Waals surface area contributed by atoms with Gasteiger partial charge >= 0.3 is 0 Å². The first-order valence-electron chi connectivity index (χ1n) is 6.61. The van der Waals surface area contributed by atoms with Gasteiger partial charge in [0.25, 0.3) is 0 Å². The summed E-state index contributed by atoms with van der Waals surface area (Å²) in [5.74, 6) is -0.0359. The first-order chi connectivity index (χ1) is 9.16. The van der Waals surface area contributed by atoms with Gasteiger partial charge in [-0.2, -0.15) is 5.10 Å². The van der Waals surface area contributed by atoms with Gasteiger partial charge in [-0.1, -0.05) is 0 Å². The molecule has 1 aliphatic rings. The topological polar surface area (TPSA) is 72.3 Å². The molecule has 1 saturated heterocycles. The van der Waals surface area contributed by atoms with Crippen molar-refractivity contribution in [2.45, 2.75) is 25.9 Å². The molecule has 1 N–H and O–H groups in total. The van der Waals surface area contributed by atoms with Crippen molar-refractivity contribution in [3.8, 4) is 0 Å². The van der Waals surface area contributed by atoms with Gasteiger partial charge in [0.2, 0.25) is 5.91 Å². The van der Waals surface area contributed by atoms with Crippen LogP contribution in [0.25, 0.3) is 0 Å². The van der Waals surface area contributed by atoms with E-state index in [-0.39, 0.29) is 18.0 Å². The minimum absolute atomic E-state index is 0.0359. The Balaban J connectivity index is 1.77. The Morgan fingerprint density at radius 1 is 1.42 bits per heavy atom. The second-order valence-corrected chi connectivity index (χ2v) is 4.87. The minimum atomic E-state index is -0.338. The molecular weight excluding hydrogens is 246 g/mol. The molecular formula is C12H21N5O2. The monoisotopic (exact) mass is 267 g/mol. The van der Waals surface area contributed by atoms with Crippen molar-refractivity contribution in [1.29, 1.82) is 0 Å². The van der Waals surface area contributed by atoms with Gasteiger partial charge in [-0.15, -0.1) is 0 Å². The fourth-order valence-electron chi connectivity index (χ4n) is 2.12. The van der Waals surface area contributed by atoms with Crippen LogP contribution >= 0.6 is 0 Å². The van der Waals surface area contributed by atoms with Crippen LogP contribution in [0.4, 0.5) is 0 Å². The van der Waals surface area contributed by atoms with E-state index in [0.29, 0.717) is 0 Å². The zero-order chi connectivity index (χ0) is 13.7. The van der Waals surface area contributed by atoms with Crippen LogP contribution in [-0.2, 0) is 9.53 Å². The van der Waals surface area contributed by atoms with E-state index in [4.69, 9.17) is 4.74 Å². The Morgan fingerprint density at radius 3 is 2.79 bits per heavy atom. The Hall–Kier alpha value is -1.47. The van der Waals surface area contributed by atoms with Crippen molar-refractivity contribution in [3.05, 3.63) is 12.7 Å². The lowest BCUT2D eigenvalue weighted by atomic mass is 10.2. The fourth-order valence-corrected chi connectivity index (χ4v) is 2.12. The molecule has 0 radical (unpaired) electrons. The van der Waals surface area contributed by atoms with Crippen LogP contribution in [0.2, 0.25) is 0 Å². The summed E-state index contributed by atoms with van der Waals surface area (Å²) in [7, 11) is 0. The molecule has 0 aliphatic carbocycles. The Morgan fingerprint density at radius 2 is 2.16 bits per heavy atom. The number of nitrogens with zero attached hydrogens (tertiary/aromatic N) is 4. The summed E-state index contributed by atoms with van der Waals surface area (Å²) in [5, 5.41) is 6.98. The molecule has 7 nitrogen and oxygen atoms in total. The van der Waals surface area contributed by atoms with E-state index in [1.165, 1.54) is 6.33 Å². The maximum absolute atomic E-state index is 12.1. The SMILES string of the molecule is C[C@H](CN1CCOCC1)NC(=O)[C@@H](C)n1cncn1. The number of carbonyl (C=O) groups is 1. The van der Waals surface area contributed by atoms with Gasteiger partial charge in [-0.25, -0.2) is 9.67 Å². The largest absolute Gasteiger partial charge is 0.379 e. The van der Waals surface area contributed by atoms with Crippen LogP contribution in [-0.4, -0.2) is 64.5 Å². The second-order valence-electron chi connectivity index (χ2n) is 4.87. The molecule has 19 heavy (non-hydrogen) atoms. The third-order valence-corrected chi connectivity index (χ3v) is 3.24. The lowest BCUT2D eigenvalue weighted by Crippen LogP contribution is -2.47. The van der Waals surface area contributed by atoms with Gasteiger partial charge < -0.3 is 10.1 Å². The van der Waals surface area contributed by atoms with E-state index >= 15 is 0 Å². The number of ether oxygens (including phenoxy) is 1. The van der Waals surface area contributed by atoms with Crippen LogP contribution in [0, 0.1) is 0 Å². The molecule has 106 valence electrons. The number of amides is 1. The van der Waals surface area contributed by atoms with E-state index < -0.39 is 0 Å². The summed E-state index contributed by atoms with van der Waals surface area (Å²) in [5.41, 5.74) is 0. The third kappa shape index (κ3) is 4.00. The molecule has 1 aliphatic heterocycles. The van der Waals surface area contributed by atoms with E-state index in [2.05, 4.69) is 20.3 Å². The fraction of sp³-hybridized carbons (Fsp3) is 0.750. The molecule has 2 rings (SSSR count). The van der Waals surface area contributed by atoms with Crippen LogP contribution < -0.4 is 5.32 Å². The molecule has 2 heterocycles. The molecule has 1 fully saturated rings. The number of morpholine rings is 1. The number of hydrogen-bond acceptors (Lipinski definition) is 5. The normalized spacial score (nSPS) is 19.9. The molecule has 1 aromatic heterocycles. The summed E-state index contributed by atoms with van der Waals surface area (Å²) in [6, 6.07) is -0.230. The average molecular weight is 267 g/mol. The van der Waals surface area contributed by atoms with Crippen molar-refractivity contribution in [1.82, 2.24) is 25.0 Å². The van der Waals surface area contributed by atoms with Gasteiger partial charge in [0, 0.05) is 25.7 Å². The van der Waals surface area contributed by atoms with Gasteiger partial charge in [-0.05, 0) is 13.8 Å². The summed E-state index contributed by atoms with van der Waals surface area (Å²) in [6.45, 7) is 8.08. The van der Waals surface area contributed by atoms with Crippen LogP contribution in [0.5, 0.6) is 0 Å². The van der Waals surface area contributed by atoms with Crippen molar-refractivity contribution < 1.29 is 9.53 Å². The molecule has 0 unspecified atom stereocenters. The number of hydrogen-bond donors (Lipinski definition) is 1. The van der Waals surface area contributed by atoms with Crippen molar-refractivity contribution in [2.24, 2.45) is 0 Å². The first kappa shape index (κ1) is 14.0. The Labute approximate surface area is 112 Å². The van der Waals surface area contributed by atoms with Crippen molar-refractivity contribution in [3.63, 3.8) is 0 Å².